The van der Waals surface area contributed by atoms with Crippen molar-refractivity contribution in [2.24, 2.45) is 11.7 Å². The fourth-order valence-corrected chi connectivity index (χ4v) is 3.60. The van der Waals surface area contributed by atoms with Crippen molar-refractivity contribution in [2.45, 2.75) is 83.0 Å². The van der Waals surface area contributed by atoms with E-state index in [9.17, 15) is 33.9 Å². The summed E-state index contributed by atoms with van der Waals surface area (Å²) in [6.45, 7) is 3.71. The van der Waals surface area contributed by atoms with Crippen LogP contribution in [0.3, 0.4) is 0 Å². The highest BCUT2D eigenvalue weighted by Crippen LogP contribution is 2.20. The predicted octanol–water partition coefficient (Wildman–Crippen LogP) is -0.865. The first-order valence-corrected chi connectivity index (χ1v) is 11.2. The van der Waals surface area contributed by atoms with Gasteiger partial charge < -0.3 is 36.6 Å². The van der Waals surface area contributed by atoms with Gasteiger partial charge in [0.2, 0.25) is 17.7 Å². The molecule has 0 aromatic carbocycles. The maximum Gasteiger partial charge on any atom is 0.326 e. The highest BCUT2D eigenvalue weighted by molar-refractivity contribution is 5.94. The number of carbonyl (C=O) groups excluding carboxylic acids is 3. The Bertz CT molecular complexity index is 788. The highest BCUT2D eigenvalue weighted by Gasteiger charge is 2.38. The summed E-state index contributed by atoms with van der Waals surface area (Å²) >= 11 is 0. The monoisotopic (exact) mass is 486 g/mol. The SMILES string of the molecule is CCC(C)C(N)C(=O)NC(CCC(=O)O)C(=O)NC(CCC(=O)O)C(=O)N1CCCC1C(=O)O. The van der Waals surface area contributed by atoms with Crippen LogP contribution in [0, 0.1) is 5.92 Å². The van der Waals surface area contributed by atoms with Crippen LogP contribution < -0.4 is 16.4 Å². The lowest BCUT2D eigenvalue weighted by atomic mass is 9.98. The minimum Gasteiger partial charge on any atom is -0.481 e. The molecular formula is C21H34N4O9. The van der Waals surface area contributed by atoms with Gasteiger partial charge in [0.05, 0.1) is 6.04 Å². The summed E-state index contributed by atoms with van der Waals surface area (Å²) in [5, 5.41) is 32.2. The van der Waals surface area contributed by atoms with Crippen LogP contribution in [0.5, 0.6) is 0 Å². The minimum absolute atomic E-state index is 0.137. The van der Waals surface area contributed by atoms with Gasteiger partial charge in [0.1, 0.15) is 18.1 Å². The number of hydrogen-bond acceptors (Lipinski definition) is 7. The van der Waals surface area contributed by atoms with Crippen molar-refractivity contribution >= 4 is 35.6 Å². The largest absolute Gasteiger partial charge is 0.481 e. The number of nitrogens with two attached hydrogens (primary N) is 1. The maximum atomic E-state index is 13.0. The molecule has 3 amide bonds. The van der Waals surface area contributed by atoms with E-state index >= 15 is 0 Å². The number of amides is 3. The molecule has 5 unspecified atom stereocenters. The molecule has 0 aromatic heterocycles. The van der Waals surface area contributed by atoms with Crippen molar-refractivity contribution in [3.63, 3.8) is 0 Å². The summed E-state index contributed by atoms with van der Waals surface area (Å²) in [5.74, 6) is -6.16. The van der Waals surface area contributed by atoms with Crippen LogP contribution in [0.15, 0.2) is 0 Å². The minimum atomic E-state index is -1.36. The molecule has 13 nitrogen and oxygen atoms in total. The van der Waals surface area contributed by atoms with Crippen LogP contribution in [0.1, 0.15) is 58.8 Å². The zero-order valence-electron chi connectivity index (χ0n) is 19.4. The highest BCUT2D eigenvalue weighted by atomic mass is 16.4. The number of carboxylic acid groups (broad SMARTS) is 3. The Labute approximate surface area is 197 Å². The lowest BCUT2D eigenvalue weighted by Gasteiger charge is -2.29. The van der Waals surface area contributed by atoms with E-state index in [0.717, 1.165) is 4.90 Å². The van der Waals surface area contributed by atoms with Gasteiger partial charge in [-0.3, -0.25) is 24.0 Å². The third kappa shape index (κ3) is 8.61. The summed E-state index contributed by atoms with van der Waals surface area (Å²) in [4.78, 5) is 73.1. The second kappa shape index (κ2) is 13.5. The van der Waals surface area contributed by atoms with E-state index in [1.54, 1.807) is 6.92 Å². The average molecular weight is 487 g/mol. The van der Waals surface area contributed by atoms with Gasteiger partial charge in [0, 0.05) is 19.4 Å². The van der Waals surface area contributed by atoms with Crippen LogP contribution in [-0.4, -0.2) is 86.6 Å². The molecule has 13 heteroatoms. The summed E-state index contributed by atoms with van der Waals surface area (Å²) in [7, 11) is 0. The smallest absolute Gasteiger partial charge is 0.326 e. The summed E-state index contributed by atoms with van der Waals surface area (Å²) in [5.41, 5.74) is 5.89. The van der Waals surface area contributed by atoms with Gasteiger partial charge >= 0.3 is 17.9 Å². The van der Waals surface area contributed by atoms with Gasteiger partial charge in [0.15, 0.2) is 0 Å². The Hall–Kier alpha value is -3.22. The predicted molar refractivity (Wildman–Crippen MR) is 117 cm³/mol. The number of nitrogens with zero attached hydrogens (tertiary/aromatic N) is 1. The quantitative estimate of drug-likeness (QED) is 0.178. The molecule has 0 radical (unpaired) electrons. The number of carbonyl (C=O) groups is 6. The Balaban J connectivity index is 3.06. The van der Waals surface area contributed by atoms with Crippen molar-refractivity contribution in [3.8, 4) is 0 Å². The molecule has 1 saturated heterocycles. The molecule has 7 N–H and O–H groups in total. The second-order valence-electron chi connectivity index (χ2n) is 8.43. The maximum absolute atomic E-state index is 13.0. The fourth-order valence-electron chi connectivity index (χ4n) is 3.60. The topological polar surface area (TPSA) is 216 Å². The normalized spacial score (nSPS) is 18.9. The number of hydrogen-bond donors (Lipinski definition) is 6. The Morgan fingerprint density at radius 2 is 1.47 bits per heavy atom. The molecule has 1 rings (SSSR count). The molecule has 5 atom stereocenters. The van der Waals surface area contributed by atoms with Gasteiger partial charge in [-0.25, -0.2) is 4.79 Å². The molecule has 0 spiro atoms. The number of likely N-dealkylation sites (tertiary alicyclic amines) is 1. The van der Waals surface area contributed by atoms with E-state index in [1.807, 2.05) is 6.92 Å². The molecule has 0 aromatic rings. The van der Waals surface area contributed by atoms with Crippen LogP contribution >= 0.6 is 0 Å². The number of carboxylic acids is 3. The third-order valence-corrected chi connectivity index (χ3v) is 5.92. The van der Waals surface area contributed by atoms with Crippen LogP contribution in [0.4, 0.5) is 0 Å². The Kier molecular flexibility index (Phi) is 11.4. The lowest BCUT2D eigenvalue weighted by Crippen LogP contribution is -2.57. The van der Waals surface area contributed by atoms with Gasteiger partial charge in [-0.05, 0) is 31.6 Å². The van der Waals surface area contributed by atoms with Crippen LogP contribution in [0.25, 0.3) is 0 Å². The van der Waals surface area contributed by atoms with Crippen LogP contribution in [0.2, 0.25) is 0 Å². The molecule has 1 aliphatic heterocycles. The molecule has 0 saturated carbocycles. The standard InChI is InChI=1S/C21H34N4O9/c1-3-11(2)17(22)19(31)23-12(6-8-15(26)27)18(30)24-13(7-9-16(28)29)20(32)25-10-4-5-14(25)21(33)34/h11-14,17H,3-10,22H2,1-2H3,(H,23,31)(H,24,30)(H,26,27)(H,28,29)(H,33,34). The van der Waals surface area contributed by atoms with Gasteiger partial charge in [0.25, 0.3) is 0 Å². The summed E-state index contributed by atoms with van der Waals surface area (Å²) < 4.78 is 0. The molecule has 0 aliphatic carbocycles. The van der Waals surface area contributed by atoms with Crippen molar-refractivity contribution in [1.29, 1.82) is 0 Å². The number of nitrogens with one attached hydrogen (secondary N) is 2. The summed E-state index contributed by atoms with van der Waals surface area (Å²) in [6.07, 6.45) is -0.285. The van der Waals surface area contributed by atoms with E-state index in [0.29, 0.717) is 12.8 Å². The van der Waals surface area contributed by atoms with Gasteiger partial charge in [-0.1, -0.05) is 20.3 Å². The van der Waals surface area contributed by atoms with Crippen molar-refractivity contribution in [3.05, 3.63) is 0 Å². The summed E-state index contributed by atoms with van der Waals surface area (Å²) in [6, 6.07) is -4.74. The first-order chi connectivity index (χ1) is 15.9. The first-order valence-electron chi connectivity index (χ1n) is 11.2. The lowest BCUT2D eigenvalue weighted by molar-refractivity contribution is -0.150. The zero-order valence-corrected chi connectivity index (χ0v) is 19.4. The van der Waals surface area contributed by atoms with Crippen LogP contribution in [-0.2, 0) is 28.8 Å². The number of aliphatic carboxylic acids is 3. The van der Waals surface area contributed by atoms with Crippen molar-refractivity contribution in [1.82, 2.24) is 15.5 Å². The Morgan fingerprint density at radius 3 is 1.97 bits per heavy atom. The molecule has 1 fully saturated rings. The second-order valence-corrected chi connectivity index (χ2v) is 8.43. The van der Waals surface area contributed by atoms with E-state index in [2.05, 4.69) is 10.6 Å². The fraction of sp³-hybridized carbons (Fsp3) is 0.714. The zero-order chi connectivity index (χ0) is 26.0. The van der Waals surface area contributed by atoms with Crippen molar-refractivity contribution < 1.29 is 44.1 Å². The third-order valence-electron chi connectivity index (χ3n) is 5.92. The average Bonchev–Trinajstić information content (AvgIpc) is 3.27. The van der Waals surface area contributed by atoms with E-state index in [4.69, 9.17) is 15.9 Å². The Morgan fingerprint density at radius 1 is 0.941 bits per heavy atom. The molecule has 192 valence electrons. The molecule has 34 heavy (non-hydrogen) atoms. The van der Waals surface area contributed by atoms with E-state index in [1.165, 1.54) is 0 Å². The van der Waals surface area contributed by atoms with Gasteiger partial charge in [-0.15, -0.1) is 0 Å². The molecule has 1 aliphatic rings. The number of rotatable bonds is 14. The molecule has 1 heterocycles. The van der Waals surface area contributed by atoms with E-state index < -0.39 is 72.6 Å². The first kappa shape index (κ1) is 28.8. The van der Waals surface area contributed by atoms with Crippen molar-refractivity contribution in [2.75, 3.05) is 6.54 Å². The van der Waals surface area contributed by atoms with E-state index in [-0.39, 0.29) is 31.7 Å². The van der Waals surface area contributed by atoms with Gasteiger partial charge in [-0.2, -0.15) is 0 Å². The molecular weight excluding hydrogens is 452 g/mol. The molecule has 0 bridgehead atoms.